The van der Waals surface area contributed by atoms with Gasteiger partial charge in [-0.2, -0.15) is 4.98 Å². The van der Waals surface area contributed by atoms with Crippen molar-refractivity contribution in [3.63, 3.8) is 0 Å². The molecule has 0 aliphatic heterocycles. The number of carbonyl (C=O) groups is 5. The van der Waals surface area contributed by atoms with E-state index in [0.717, 1.165) is 0 Å². The molecule has 0 saturated heterocycles. The number of ketones is 4. The number of amides is 1. The summed E-state index contributed by atoms with van der Waals surface area (Å²) in [5.41, 5.74) is 3.71. The summed E-state index contributed by atoms with van der Waals surface area (Å²) in [4.78, 5) is 76.2. The van der Waals surface area contributed by atoms with Gasteiger partial charge in [-0.25, -0.2) is 4.98 Å². The van der Waals surface area contributed by atoms with E-state index in [0.29, 0.717) is 16.7 Å². The van der Waals surface area contributed by atoms with Crippen LogP contribution in [0.15, 0.2) is 18.3 Å². The molecule has 5 rings (SSSR count). The number of aromatic hydroxyl groups is 1. The molecule has 2 unspecified atom stereocenters. The minimum atomic E-state index is -2.78. The lowest BCUT2D eigenvalue weighted by Crippen LogP contribution is -2.74. The van der Waals surface area contributed by atoms with Gasteiger partial charge in [0, 0.05) is 12.1 Å². The van der Waals surface area contributed by atoms with Gasteiger partial charge in [0.2, 0.25) is 11.8 Å². The van der Waals surface area contributed by atoms with Crippen LogP contribution in [0.1, 0.15) is 22.3 Å². The highest BCUT2D eigenvalue weighted by atomic mass is 16.5. The molecule has 1 amide bonds. The summed E-state index contributed by atoms with van der Waals surface area (Å²) in [6, 6.07) is 1.73. The van der Waals surface area contributed by atoms with Crippen LogP contribution >= 0.6 is 0 Å². The zero-order valence-corrected chi connectivity index (χ0v) is 22.2. The van der Waals surface area contributed by atoms with Gasteiger partial charge in [-0.3, -0.25) is 28.9 Å². The fourth-order valence-corrected chi connectivity index (χ4v) is 6.65. The van der Waals surface area contributed by atoms with Crippen LogP contribution in [0.4, 0.5) is 0 Å². The average Bonchev–Trinajstić information content (AvgIpc) is 2.90. The third kappa shape index (κ3) is 3.64. The van der Waals surface area contributed by atoms with Gasteiger partial charge >= 0.3 is 6.01 Å². The maximum Gasteiger partial charge on any atom is 0.319 e. The van der Waals surface area contributed by atoms with Gasteiger partial charge in [0.05, 0.1) is 37.3 Å². The Kier molecular flexibility index (Phi) is 6.46. The highest BCUT2D eigenvalue weighted by Gasteiger charge is 2.69. The summed E-state index contributed by atoms with van der Waals surface area (Å²) < 4.78 is 10.5. The number of fused-ring (bicyclic) bond motifs is 3. The van der Waals surface area contributed by atoms with E-state index in [1.807, 2.05) is 0 Å². The number of hydrogen-bond acceptors (Lipinski definition) is 12. The summed E-state index contributed by atoms with van der Waals surface area (Å²) >= 11 is 0. The molecular weight excluding hydrogens is 524 g/mol. The monoisotopic (exact) mass is 552 g/mol. The lowest BCUT2D eigenvalue weighted by atomic mass is 9.52. The van der Waals surface area contributed by atoms with Gasteiger partial charge in [-0.15, -0.1) is 0 Å². The molecule has 210 valence electrons. The van der Waals surface area contributed by atoms with Crippen molar-refractivity contribution in [3.8, 4) is 28.8 Å². The number of rotatable bonds is 5. The molecule has 0 spiro atoms. The third-order valence-corrected chi connectivity index (χ3v) is 8.34. The van der Waals surface area contributed by atoms with Crippen molar-refractivity contribution in [1.82, 2.24) is 14.9 Å². The first kappa shape index (κ1) is 27.3. The van der Waals surface area contributed by atoms with Gasteiger partial charge in [0.15, 0.2) is 34.7 Å². The van der Waals surface area contributed by atoms with Crippen LogP contribution in [0, 0.1) is 23.7 Å². The van der Waals surface area contributed by atoms with Crippen molar-refractivity contribution in [1.29, 1.82) is 0 Å². The molecule has 1 heterocycles. The van der Waals surface area contributed by atoms with Gasteiger partial charge in [0.1, 0.15) is 5.75 Å². The number of benzene rings is 1. The second kappa shape index (κ2) is 9.45. The largest absolute Gasteiger partial charge is 0.507 e. The minimum Gasteiger partial charge on any atom is -0.507 e. The normalized spacial score (nSPS) is 29.5. The maximum absolute atomic E-state index is 13.9. The standard InChI is InChI=1S/C27H28N4O9/c1-31(2)19-14-8-10-7-12-11(13-9-29-26(40-4)30-25(13)39-3)5-6-15(32)17(12)20(33)16(10)22(35)27(14,38)23(36)18(21(19)34)24(28)37/h5-6,9-10,14,16,18-19,32,38H,7-8H2,1-4H3,(H2,28,37)/t10-,14-,16?,18?,19-,27-/m0/s1. The molecule has 2 fully saturated rings. The number of aliphatic hydroxyl groups is 1. The Morgan fingerprint density at radius 3 is 2.40 bits per heavy atom. The number of primary amides is 1. The summed E-state index contributed by atoms with van der Waals surface area (Å²) in [6.45, 7) is 0. The zero-order chi connectivity index (χ0) is 29.3. The van der Waals surface area contributed by atoms with Gasteiger partial charge in [-0.05, 0) is 50.0 Å². The van der Waals surface area contributed by atoms with Crippen LogP contribution < -0.4 is 15.2 Å². The molecule has 0 bridgehead atoms. The molecule has 2 saturated carbocycles. The number of carbonyl (C=O) groups excluding carboxylic acids is 5. The number of nitrogens with zero attached hydrogens (tertiary/aromatic N) is 3. The van der Waals surface area contributed by atoms with Crippen LogP contribution in [-0.2, 0) is 25.6 Å². The molecule has 4 N–H and O–H groups in total. The fraction of sp³-hybridized carbons (Fsp3) is 0.444. The van der Waals surface area contributed by atoms with Crippen LogP contribution in [0.5, 0.6) is 17.6 Å². The Bertz CT molecular complexity index is 1490. The van der Waals surface area contributed by atoms with Crippen molar-refractivity contribution in [3.05, 3.63) is 29.5 Å². The first-order valence-corrected chi connectivity index (χ1v) is 12.5. The van der Waals surface area contributed by atoms with E-state index in [9.17, 15) is 34.2 Å². The number of methoxy groups -OCH3 is 2. The maximum atomic E-state index is 13.9. The Balaban J connectivity index is 1.66. The Labute approximate surface area is 228 Å². The summed E-state index contributed by atoms with van der Waals surface area (Å²) in [5.74, 6) is -11.0. The summed E-state index contributed by atoms with van der Waals surface area (Å²) in [6.07, 6.45) is 1.48. The van der Waals surface area contributed by atoms with Gasteiger partial charge in [0.25, 0.3) is 0 Å². The predicted octanol–water partition coefficient (Wildman–Crippen LogP) is -0.659. The highest BCUT2D eigenvalue weighted by molar-refractivity contribution is 6.32. The van der Waals surface area contributed by atoms with Gasteiger partial charge < -0.3 is 25.4 Å². The first-order valence-electron chi connectivity index (χ1n) is 12.5. The van der Waals surface area contributed by atoms with Crippen molar-refractivity contribution in [2.24, 2.45) is 29.4 Å². The van der Waals surface area contributed by atoms with Crippen LogP contribution in [-0.4, -0.2) is 94.1 Å². The smallest absolute Gasteiger partial charge is 0.319 e. The molecule has 1 aromatic carbocycles. The van der Waals surface area contributed by atoms with E-state index in [2.05, 4.69) is 9.97 Å². The lowest BCUT2D eigenvalue weighted by Gasteiger charge is -2.52. The topological polar surface area (TPSA) is 199 Å². The summed E-state index contributed by atoms with van der Waals surface area (Å²) in [7, 11) is 5.85. The third-order valence-electron chi connectivity index (χ3n) is 8.34. The number of Topliss-reactive ketones (excluding diaryl/α,β-unsaturated/α-hetero) is 4. The van der Waals surface area contributed by atoms with Crippen LogP contribution in [0.3, 0.4) is 0 Å². The second-order valence-corrected chi connectivity index (χ2v) is 10.6. The fourth-order valence-electron chi connectivity index (χ4n) is 6.65. The minimum absolute atomic E-state index is 0.0529. The number of phenols is 1. The molecule has 2 aromatic rings. The van der Waals surface area contributed by atoms with Crippen LogP contribution in [0.25, 0.3) is 11.1 Å². The first-order chi connectivity index (χ1) is 18.9. The van der Waals surface area contributed by atoms with Crippen molar-refractivity contribution >= 4 is 29.0 Å². The molecule has 1 aromatic heterocycles. The quantitative estimate of drug-likeness (QED) is 0.396. The number of nitrogens with two attached hydrogens (primary N) is 1. The Hall–Kier alpha value is -4.23. The molecule has 3 aliphatic carbocycles. The van der Waals surface area contributed by atoms with Gasteiger partial charge in [-0.1, -0.05) is 6.07 Å². The molecule has 13 nitrogen and oxygen atoms in total. The number of hydrogen-bond donors (Lipinski definition) is 3. The number of aromatic nitrogens is 2. The molecule has 6 atom stereocenters. The molecule has 3 aliphatic rings. The van der Waals surface area contributed by atoms with E-state index in [1.165, 1.54) is 45.5 Å². The Morgan fingerprint density at radius 1 is 1.10 bits per heavy atom. The van der Waals surface area contributed by atoms with Crippen molar-refractivity contribution in [2.75, 3.05) is 28.3 Å². The molecule has 40 heavy (non-hydrogen) atoms. The molecule has 0 radical (unpaired) electrons. The van der Waals surface area contributed by atoms with Crippen LogP contribution in [0.2, 0.25) is 0 Å². The second-order valence-electron chi connectivity index (χ2n) is 10.6. The van der Waals surface area contributed by atoms with E-state index in [-0.39, 0.29) is 36.0 Å². The van der Waals surface area contributed by atoms with E-state index < -0.39 is 64.4 Å². The van der Waals surface area contributed by atoms with Crippen molar-refractivity contribution in [2.45, 2.75) is 24.5 Å². The Morgan fingerprint density at radius 2 is 1.80 bits per heavy atom. The van der Waals surface area contributed by atoms with E-state index in [1.54, 1.807) is 6.07 Å². The number of ether oxygens (including phenoxy) is 2. The van der Waals surface area contributed by atoms with Crippen molar-refractivity contribution < 1.29 is 43.7 Å². The number of phenolic OH excluding ortho intramolecular Hbond substituents is 1. The molecule has 13 heteroatoms. The number of likely N-dealkylation sites (N-methyl/N-ethyl adjacent to an activating group) is 1. The van der Waals surface area contributed by atoms with E-state index in [4.69, 9.17) is 15.2 Å². The predicted molar refractivity (Wildman–Crippen MR) is 135 cm³/mol. The van der Waals surface area contributed by atoms with E-state index >= 15 is 0 Å². The lowest BCUT2D eigenvalue weighted by molar-refractivity contribution is -0.181. The zero-order valence-electron chi connectivity index (χ0n) is 22.2. The average molecular weight is 553 g/mol. The SMILES string of the molecule is COc1ncc(-c2ccc(O)c3c2C[C@H]2C[C@H]4[C@H](N(C)C)C(=O)C(C(N)=O)C(=O)[C@@]4(O)C(=O)C2C3=O)c(OC)n1. The summed E-state index contributed by atoms with van der Waals surface area (Å²) in [5, 5.41) is 22.4. The highest BCUT2D eigenvalue weighted by Crippen LogP contribution is 2.52. The molecular formula is C27H28N4O9.